The van der Waals surface area contributed by atoms with Crippen LogP contribution in [0.1, 0.15) is 44.4 Å². The number of carbonyl (C=O) groups is 6. The van der Waals surface area contributed by atoms with E-state index >= 15 is 0 Å². The van der Waals surface area contributed by atoms with Gasteiger partial charge < -0.3 is 37.0 Å². The molecule has 2 aliphatic rings. The molecule has 0 unspecified atom stereocenters. The van der Waals surface area contributed by atoms with Gasteiger partial charge in [-0.15, -0.1) is 23.5 Å². The van der Waals surface area contributed by atoms with E-state index in [1.165, 1.54) is 23.5 Å². The van der Waals surface area contributed by atoms with Gasteiger partial charge in [0.1, 0.15) is 24.2 Å². The second-order valence-corrected chi connectivity index (χ2v) is 19.3. The Balaban J connectivity index is 1.16. The Bertz CT molecular complexity index is 1940. The van der Waals surface area contributed by atoms with E-state index in [4.69, 9.17) is 0 Å². The van der Waals surface area contributed by atoms with Gasteiger partial charge in [0.15, 0.2) is 0 Å². The predicted molar refractivity (Wildman–Crippen MR) is 233 cm³/mol. The second-order valence-electron chi connectivity index (χ2n) is 15.7. The topological polar surface area (TPSA) is 219 Å². The van der Waals surface area contributed by atoms with Gasteiger partial charge in [-0.3, -0.25) is 39.4 Å². The van der Waals surface area contributed by atoms with Gasteiger partial charge in [-0.05, 0) is 44.4 Å². The number of hydrogen-bond acceptors (Lipinski definition) is 11. The first kappa shape index (κ1) is 46.1. The summed E-state index contributed by atoms with van der Waals surface area (Å²) in [5, 5.41) is 31.6. The lowest BCUT2D eigenvalue weighted by molar-refractivity contribution is -0.129. The largest absolute Gasteiger partial charge is 0.395 e. The van der Waals surface area contributed by atoms with Crippen LogP contribution in [0.4, 0.5) is 0 Å². The summed E-state index contributed by atoms with van der Waals surface area (Å²) in [7, 11) is 0. The number of aliphatic hydroxyl groups excluding tert-OH is 1. The van der Waals surface area contributed by atoms with Gasteiger partial charge in [0.2, 0.25) is 35.4 Å². The molecule has 2 heterocycles. The molecule has 5 rings (SSSR count). The molecule has 9 N–H and O–H groups in total. The molecule has 322 valence electrons. The van der Waals surface area contributed by atoms with Gasteiger partial charge in [0.25, 0.3) is 0 Å². The Morgan fingerprint density at radius 3 is 1.35 bits per heavy atom. The summed E-state index contributed by atoms with van der Waals surface area (Å²) in [5.41, 5.74) is 2.48. The summed E-state index contributed by atoms with van der Waals surface area (Å²) in [6.07, 6.45) is 0.141. The van der Waals surface area contributed by atoms with Gasteiger partial charge >= 0.3 is 0 Å². The average Bonchev–Trinajstić information content (AvgIpc) is 3.73. The zero-order valence-corrected chi connectivity index (χ0v) is 35.9. The third kappa shape index (κ3) is 13.0. The molecule has 2 aliphatic heterocycles. The van der Waals surface area contributed by atoms with Crippen LogP contribution in [0.2, 0.25) is 0 Å². The zero-order valence-electron chi connectivity index (χ0n) is 34.3. The molecule has 3 aromatic carbocycles. The van der Waals surface area contributed by atoms with Crippen molar-refractivity contribution in [1.82, 2.24) is 42.5 Å². The zero-order chi connectivity index (χ0) is 43.3. The highest BCUT2D eigenvalue weighted by Gasteiger charge is 2.50. The van der Waals surface area contributed by atoms with E-state index in [9.17, 15) is 33.9 Å². The molecule has 6 atom stereocenters. The minimum Gasteiger partial charge on any atom is -0.395 e. The van der Waals surface area contributed by atoms with Crippen LogP contribution in [0.25, 0.3) is 0 Å². The van der Waals surface area contributed by atoms with Gasteiger partial charge in [0.05, 0.1) is 30.2 Å². The fraction of sp³-hybridized carbons (Fsp3) is 0.442. The molecule has 15 nitrogen and oxygen atoms in total. The van der Waals surface area contributed by atoms with Crippen LogP contribution in [0.5, 0.6) is 0 Å². The van der Waals surface area contributed by atoms with Crippen molar-refractivity contribution in [1.29, 1.82) is 0 Å². The highest BCUT2D eigenvalue weighted by atomic mass is 32.2. The summed E-state index contributed by atoms with van der Waals surface area (Å²) in [6, 6.07) is 24.3. The number of amides is 6. The van der Waals surface area contributed by atoms with Crippen molar-refractivity contribution in [3.8, 4) is 0 Å². The molecule has 17 heteroatoms. The van der Waals surface area contributed by atoms with Crippen molar-refractivity contribution < 1.29 is 33.9 Å². The summed E-state index contributed by atoms with van der Waals surface area (Å²) in [6.45, 7) is 7.72. The smallest absolute Gasteiger partial charge is 0.245 e. The van der Waals surface area contributed by atoms with Gasteiger partial charge in [-0.1, -0.05) is 91.0 Å². The van der Waals surface area contributed by atoms with Crippen molar-refractivity contribution >= 4 is 59.0 Å². The predicted octanol–water partition coefficient (Wildman–Crippen LogP) is 0.718. The first-order valence-corrected chi connectivity index (χ1v) is 21.7. The van der Waals surface area contributed by atoms with E-state index in [2.05, 4.69) is 42.5 Å². The quantitative estimate of drug-likeness (QED) is 0.0766. The molecular weight excluding hydrogens is 805 g/mol. The van der Waals surface area contributed by atoms with Crippen molar-refractivity contribution in [3.63, 3.8) is 0 Å². The Kier molecular flexibility index (Phi) is 16.6. The maximum atomic E-state index is 13.7. The minimum absolute atomic E-state index is 0.00317. The number of nitrogens with one attached hydrogen (secondary N) is 8. The Labute approximate surface area is 359 Å². The maximum Gasteiger partial charge on any atom is 0.245 e. The molecule has 60 heavy (non-hydrogen) atoms. The average molecular weight is 861 g/mol. The van der Waals surface area contributed by atoms with Gasteiger partial charge in [-0.25, -0.2) is 0 Å². The van der Waals surface area contributed by atoms with Crippen LogP contribution in [0, 0.1) is 0 Å². The lowest BCUT2D eigenvalue weighted by Gasteiger charge is -2.25. The van der Waals surface area contributed by atoms with Crippen LogP contribution in [-0.4, -0.2) is 111 Å². The van der Waals surface area contributed by atoms with E-state index in [-0.39, 0.29) is 75.2 Å². The Morgan fingerprint density at radius 2 is 0.950 bits per heavy atom. The van der Waals surface area contributed by atoms with Crippen LogP contribution in [-0.2, 0) is 48.2 Å². The second kappa shape index (κ2) is 21.5. The molecule has 0 aromatic heterocycles. The van der Waals surface area contributed by atoms with E-state index < -0.39 is 50.3 Å². The van der Waals surface area contributed by atoms with Crippen LogP contribution in [0.15, 0.2) is 91.0 Å². The fourth-order valence-corrected chi connectivity index (χ4v) is 10.0. The third-order valence-corrected chi connectivity index (χ3v) is 13.1. The molecule has 0 bridgehead atoms. The van der Waals surface area contributed by atoms with Crippen LogP contribution < -0.4 is 42.5 Å². The number of rotatable bonds is 19. The monoisotopic (exact) mass is 860 g/mol. The van der Waals surface area contributed by atoms with Crippen molar-refractivity contribution in [2.24, 2.45) is 0 Å². The molecular formula is C43H56N8O7S2. The van der Waals surface area contributed by atoms with Gasteiger partial charge in [-0.2, -0.15) is 0 Å². The third-order valence-electron chi connectivity index (χ3n) is 10.1. The molecule has 0 aliphatic carbocycles. The first-order valence-electron chi connectivity index (χ1n) is 20.0. The first-order chi connectivity index (χ1) is 28.7. The molecule has 6 amide bonds. The molecule has 3 aromatic rings. The minimum atomic E-state index is -1.04. The lowest BCUT2D eigenvalue weighted by Crippen LogP contribution is -2.59. The van der Waals surface area contributed by atoms with Gasteiger partial charge in [0, 0.05) is 35.7 Å². The van der Waals surface area contributed by atoms with Crippen molar-refractivity contribution in [3.05, 3.63) is 108 Å². The maximum absolute atomic E-state index is 13.7. The number of aliphatic hydroxyl groups is 1. The standard InChI is InChI=1S/C43H56N8O7S2/c1-42(2)34(50-40(59-42)32(36(55)46-22-23-52)48-30(53)24-27-14-8-5-9-15-27)38(57)44-20-21-45-39(58)35-43(3,4)60-41(51-35)33(37(56)47-26-29-18-12-7-13-19-29)49-31(54)25-28-16-10-6-11-17-28/h5-19,32-35,40-41,50-52H,20-26H2,1-4H3,(H,44,57)(H,45,58)(H,46,55)(H,47,56)(H,48,53)(H,49,54)/t32-,33-,34+,35+,40-,41-/m1/s1. The van der Waals surface area contributed by atoms with E-state index in [1.807, 2.05) is 119 Å². The highest BCUT2D eigenvalue weighted by Crippen LogP contribution is 2.40. The molecule has 2 fully saturated rings. The summed E-state index contributed by atoms with van der Waals surface area (Å²) in [4.78, 5) is 80.4. The van der Waals surface area contributed by atoms with Crippen molar-refractivity contribution in [2.75, 3.05) is 26.2 Å². The summed E-state index contributed by atoms with van der Waals surface area (Å²) >= 11 is 2.74. The summed E-state index contributed by atoms with van der Waals surface area (Å²) < 4.78 is -1.37. The molecule has 0 saturated carbocycles. The van der Waals surface area contributed by atoms with Crippen LogP contribution in [0.3, 0.4) is 0 Å². The Hall–Kier alpha value is -4.94. The molecule has 2 saturated heterocycles. The van der Waals surface area contributed by atoms with E-state index in [0.29, 0.717) is 0 Å². The van der Waals surface area contributed by atoms with Crippen molar-refractivity contribution in [2.45, 2.75) is 91.5 Å². The van der Waals surface area contributed by atoms with E-state index in [1.54, 1.807) is 0 Å². The van der Waals surface area contributed by atoms with E-state index in [0.717, 1.165) is 16.7 Å². The highest BCUT2D eigenvalue weighted by molar-refractivity contribution is 8.01. The number of carbonyl (C=O) groups excluding carboxylic acids is 6. The fourth-order valence-electron chi connectivity index (χ4n) is 7.03. The van der Waals surface area contributed by atoms with Crippen LogP contribution >= 0.6 is 23.5 Å². The Morgan fingerprint density at radius 1 is 0.567 bits per heavy atom. The number of benzene rings is 3. The molecule has 0 spiro atoms. The lowest BCUT2D eigenvalue weighted by atomic mass is 10.0. The summed E-state index contributed by atoms with van der Waals surface area (Å²) in [5.74, 6) is -2.26. The number of hydrogen-bond donors (Lipinski definition) is 9. The molecule has 0 radical (unpaired) electrons. The number of thioether (sulfide) groups is 2. The SMILES string of the molecule is CC1(C)S[C@H]([C@H](NC(=O)Cc2ccccc2)C(=O)NCCO)N[C@H]1C(=O)NCCNC(=O)[C@@H]1N[C@@H]([C@H](NC(=O)Cc2ccccc2)C(=O)NCc2ccccc2)SC1(C)C. The normalized spacial score (nSPS) is 21.1.